The van der Waals surface area contributed by atoms with Gasteiger partial charge in [-0.15, -0.1) is 0 Å². The van der Waals surface area contributed by atoms with Crippen LogP contribution in [0.15, 0.2) is 39.4 Å². The smallest absolute Gasteiger partial charge is 0.240 e. The summed E-state index contributed by atoms with van der Waals surface area (Å²) in [6.07, 6.45) is 1.56. The Hall–Kier alpha value is -1.18. The summed E-state index contributed by atoms with van der Waals surface area (Å²) in [5, 5.41) is 0. The number of hydrogen-bond donors (Lipinski definition) is 2. The van der Waals surface area contributed by atoms with Crippen molar-refractivity contribution < 1.29 is 4.74 Å². The molecule has 0 radical (unpaired) electrons. The van der Waals surface area contributed by atoms with Crippen molar-refractivity contribution in [3.05, 3.63) is 39.4 Å². The van der Waals surface area contributed by atoms with Crippen molar-refractivity contribution in [1.29, 1.82) is 0 Å². The molecule has 1 aromatic heterocycles. The summed E-state index contributed by atoms with van der Waals surface area (Å²) in [6, 6.07) is 7.24. The van der Waals surface area contributed by atoms with Crippen LogP contribution < -0.4 is 16.0 Å². The first-order chi connectivity index (χ1) is 8.19. The molecule has 3 N–H and O–H groups in total. The summed E-state index contributed by atoms with van der Waals surface area (Å²) < 4.78 is 7.38. The molecule has 0 spiro atoms. The second kappa shape index (κ2) is 5.44. The third-order valence-electron chi connectivity index (χ3n) is 1.87. The van der Waals surface area contributed by atoms with Gasteiger partial charge in [-0.3, -0.25) is 5.43 Å². The van der Waals surface area contributed by atoms with Gasteiger partial charge in [-0.05, 0) is 34.1 Å². The van der Waals surface area contributed by atoms with Gasteiger partial charge in [-0.1, -0.05) is 15.9 Å². The predicted octanol–water partition coefficient (Wildman–Crippen LogP) is 3.08. The first-order valence-corrected chi connectivity index (χ1v) is 6.20. The summed E-state index contributed by atoms with van der Waals surface area (Å²) in [6.45, 7) is 0. The van der Waals surface area contributed by atoms with Crippen molar-refractivity contribution >= 4 is 37.8 Å². The number of nitrogen functional groups attached to an aromatic ring is 1. The molecule has 0 fully saturated rings. The van der Waals surface area contributed by atoms with Crippen molar-refractivity contribution in [2.45, 2.75) is 0 Å². The summed E-state index contributed by atoms with van der Waals surface area (Å²) in [5.41, 5.74) is 2.36. The lowest BCUT2D eigenvalue weighted by molar-refractivity contribution is 0.459. The number of nitrogens with one attached hydrogen (secondary N) is 1. The highest BCUT2D eigenvalue weighted by atomic mass is 79.9. The van der Waals surface area contributed by atoms with Crippen LogP contribution in [-0.2, 0) is 0 Å². The second-order valence-electron chi connectivity index (χ2n) is 3.04. The quantitative estimate of drug-likeness (QED) is 0.650. The number of aromatic nitrogens is 2. The number of benzene rings is 1. The highest BCUT2D eigenvalue weighted by Gasteiger charge is 2.05. The van der Waals surface area contributed by atoms with E-state index in [4.69, 9.17) is 10.6 Å². The van der Waals surface area contributed by atoms with Crippen LogP contribution in [0.4, 0.5) is 5.95 Å². The summed E-state index contributed by atoms with van der Waals surface area (Å²) in [4.78, 5) is 7.94. The normalized spacial score (nSPS) is 10.1. The standard InChI is InChI=1S/C10H8Br2N4O/c11-6-1-2-8(7(12)5-6)17-9-3-4-14-10(15-9)16-13/h1-5H,13H2,(H,14,15,16). The summed E-state index contributed by atoms with van der Waals surface area (Å²) >= 11 is 6.77. The molecule has 17 heavy (non-hydrogen) atoms. The Balaban J connectivity index is 2.25. The maximum atomic E-state index is 5.59. The molecule has 0 aliphatic heterocycles. The number of rotatable bonds is 3. The number of hydrogen-bond acceptors (Lipinski definition) is 5. The third-order valence-corrected chi connectivity index (χ3v) is 2.98. The first-order valence-electron chi connectivity index (χ1n) is 4.61. The molecule has 0 atom stereocenters. The van der Waals surface area contributed by atoms with Gasteiger partial charge in [0.05, 0.1) is 4.47 Å². The first kappa shape index (κ1) is 12.3. The second-order valence-corrected chi connectivity index (χ2v) is 4.81. The van der Waals surface area contributed by atoms with Crippen LogP contribution in [0.25, 0.3) is 0 Å². The van der Waals surface area contributed by atoms with Gasteiger partial charge in [-0.25, -0.2) is 10.8 Å². The zero-order chi connectivity index (χ0) is 12.3. The summed E-state index contributed by atoms with van der Waals surface area (Å²) in [5.74, 6) is 6.59. The van der Waals surface area contributed by atoms with Crippen molar-refractivity contribution in [3.8, 4) is 11.6 Å². The molecule has 0 aliphatic carbocycles. The Morgan fingerprint density at radius 3 is 2.76 bits per heavy atom. The Morgan fingerprint density at radius 1 is 1.24 bits per heavy atom. The fraction of sp³-hybridized carbons (Fsp3) is 0. The van der Waals surface area contributed by atoms with Crippen LogP contribution in [0.1, 0.15) is 0 Å². The molecule has 0 saturated carbocycles. The Bertz CT molecular complexity index is 535. The number of hydrazine groups is 1. The van der Waals surface area contributed by atoms with E-state index >= 15 is 0 Å². The third kappa shape index (κ3) is 3.15. The van der Waals surface area contributed by atoms with E-state index in [0.29, 0.717) is 17.6 Å². The molecule has 5 nitrogen and oxygen atoms in total. The maximum Gasteiger partial charge on any atom is 0.240 e. The highest BCUT2D eigenvalue weighted by Crippen LogP contribution is 2.31. The average molecular weight is 360 g/mol. The van der Waals surface area contributed by atoms with E-state index in [-0.39, 0.29) is 0 Å². The molecule has 88 valence electrons. The van der Waals surface area contributed by atoms with Gasteiger partial charge in [0.15, 0.2) is 0 Å². The number of halogens is 2. The minimum atomic E-state index is 0.302. The lowest BCUT2D eigenvalue weighted by Gasteiger charge is -2.07. The molecule has 7 heteroatoms. The predicted molar refractivity (Wildman–Crippen MR) is 71.8 cm³/mol. The molecule has 0 saturated heterocycles. The minimum absolute atomic E-state index is 0.302. The molecule has 0 aliphatic rings. The zero-order valence-corrected chi connectivity index (χ0v) is 11.7. The number of nitrogens with zero attached hydrogens (tertiary/aromatic N) is 2. The lowest BCUT2D eigenvalue weighted by atomic mass is 10.3. The zero-order valence-electron chi connectivity index (χ0n) is 8.52. The van der Waals surface area contributed by atoms with E-state index in [9.17, 15) is 0 Å². The minimum Gasteiger partial charge on any atom is -0.438 e. The van der Waals surface area contributed by atoms with Gasteiger partial charge < -0.3 is 4.74 Å². The van der Waals surface area contributed by atoms with Crippen LogP contribution in [0.2, 0.25) is 0 Å². The van der Waals surface area contributed by atoms with Gasteiger partial charge in [0, 0.05) is 16.7 Å². The molecular weight excluding hydrogens is 352 g/mol. The van der Waals surface area contributed by atoms with Crippen molar-refractivity contribution in [2.75, 3.05) is 5.43 Å². The number of anilines is 1. The molecular formula is C10H8Br2N4O. The number of nitrogens with two attached hydrogens (primary N) is 1. The largest absolute Gasteiger partial charge is 0.438 e. The van der Waals surface area contributed by atoms with Crippen LogP contribution in [0.5, 0.6) is 11.6 Å². The Morgan fingerprint density at radius 2 is 2.06 bits per heavy atom. The van der Waals surface area contributed by atoms with Crippen molar-refractivity contribution in [3.63, 3.8) is 0 Å². The van der Waals surface area contributed by atoms with Crippen molar-refractivity contribution in [2.24, 2.45) is 5.84 Å². The fourth-order valence-electron chi connectivity index (χ4n) is 1.14. The fourth-order valence-corrected chi connectivity index (χ4v) is 2.27. The topological polar surface area (TPSA) is 73.1 Å². The maximum absolute atomic E-state index is 5.59. The average Bonchev–Trinajstić information content (AvgIpc) is 2.33. The van der Waals surface area contributed by atoms with Crippen molar-refractivity contribution in [1.82, 2.24) is 9.97 Å². The van der Waals surface area contributed by atoms with Crippen LogP contribution in [0, 0.1) is 0 Å². The number of ether oxygens (including phenoxy) is 1. The lowest BCUT2D eigenvalue weighted by Crippen LogP contribution is -2.10. The highest BCUT2D eigenvalue weighted by molar-refractivity contribution is 9.11. The van der Waals surface area contributed by atoms with Gasteiger partial charge >= 0.3 is 0 Å². The molecule has 0 amide bonds. The van der Waals surface area contributed by atoms with Gasteiger partial charge in [-0.2, -0.15) is 4.98 Å². The molecule has 2 aromatic rings. The van der Waals surface area contributed by atoms with Gasteiger partial charge in [0.25, 0.3) is 0 Å². The van der Waals surface area contributed by atoms with Crippen LogP contribution >= 0.6 is 31.9 Å². The van der Waals surface area contributed by atoms with E-state index in [1.807, 2.05) is 18.2 Å². The van der Waals surface area contributed by atoms with Crippen LogP contribution in [-0.4, -0.2) is 9.97 Å². The molecule has 1 aromatic carbocycles. The van der Waals surface area contributed by atoms with E-state index in [0.717, 1.165) is 8.95 Å². The molecule has 0 bridgehead atoms. The van der Waals surface area contributed by atoms with E-state index in [1.54, 1.807) is 12.3 Å². The monoisotopic (exact) mass is 358 g/mol. The SMILES string of the molecule is NNc1nccc(Oc2ccc(Br)cc2Br)n1. The molecule has 2 rings (SSSR count). The Kier molecular flexibility index (Phi) is 3.93. The van der Waals surface area contributed by atoms with Gasteiger partial charge in [0.1, 0.15) is 5.75 Å². The molecule has 1 heterocycles. The van der Waals surface area contributed by atoms with Crippen LogP contribution in [0.3, 0.4) is 0 Å². The van der Waals surface area contributed by atoms with Gasteiger partial charge in [0.2, 0.25) is 11.8 Å². The Labute approximate surface area is 115 Å². The van der Waals surface area contributed by atoms with E-state index in [2.05, 4.69) is 47.3 Å². The summed E-state index contributed by atoms with van der Waals surface area (Å²) in [7, 11) is 0. The van der Waals surface area contributed by atoms with E-state index < -0.39 is 0 Å². The van der Waals surface area contributed by atoms with E-state index in [1.165, 1.54) is 0 Å². The molecule has 0 unspecified atom stereocenters.